The fourth-order valence-electron chi connectivity index (χ4n) is 2.15. The van der Waals surface area contributed by atoms with Crippen molar-refractivity contribution in [3.63, 3.8) is 0 Å². The molecule has 0 saturated heterocycles. The highest BCUT2D eigenvalue weighted by atomic mass is 35.5. The molecule has 0 aliphatic carbocycles. The lowest BCUT2D eigenvalue weighted by molar-refractivity contribution is -0.384. The first-order valence-corrected chi connectivity index (χ1v) is 8.10. The van der Waals surface area contributed by atoms with Crippen LogP contribution < -0.4 is 5.32 Å². The summed E-state index contributed by atoms with van der Waals surface area (Å²) in [5.74, 6) is -0.882. The molecule has 0 fully saturated rings. The molecule has 0 atom stereocenters. The third-order valence-corrected chi connectivity index (χ3v) is 3.75. The molecular formula is C16H17ClN4O5. The molecule has 0 spiro atoms. The molecule has 1 heterocycles. The average Bonchev–Trinajstić information content (AvgIpc) is 3.02. The SMILES string of the molecule is Cn1cc(CCC(=O)OCCNC(=O)c2ccc([N+](=O)[O-])cc2Cl)cn1. The van der Waals surface area contributed by atoms with Crippen LogP contribution >= 0.6 is 11.6 Å². The quantitative estimate of drug-likeness (QED) is 0.323. The van der Waals surface area contributed by atoms with Crippen molar-refractivity contribution in [2.24, 2.45) is 7.05 Å². The fraction of sp³-hybridized carbons (Fsp3) is 0.312. The van der Waals surface area contributed by atoms with E-state index < -0.39 is 10.8 Å². The molecule has 1 aromatic carbocycles. The van der Waals surface area contributed by atoms with E-state index in [2.05, 4.69) is 10.4 Å². The van der Waals surface area contributed by atoms with Gasteiger partial charge >= 0.3 is 5.97 Å². The van der Waals surface area contributed by atoms with Crippen LogP contribution in [-0.4, -0.2) is 39.7 Å². The molecule has 26 heavy (non-hydrogen) atoms. The molecule has 1 amide bonds. The lowest BCUT2D eigenvalue weighted by Gasteiger charge is -2.07. The zero-order valence-electron chi connectivity index (χ0n) is 14.0. The lowest BCUT2D eigenvalue weighted by Crippen LogP contribution is -2.28. The fourth-order valence-corrected chi connectivity index (χ4v) is 2.41. The van der Waals surface area contributed by atoms with Crippen LogP contribution in [0.1, 0.15) is 22.3 Å². The summed E-state index contributed by atoms with van der Waals surface area (Å²) in [6.07, 6.45) is 4.24. The van der Waals surface area contributed by atoms with Gasteiger partial charge in [0.15, 0.2) is 0 Å². The van der Waals surface area contributed by atoms with E-state index in [4.69, 9.17) is 16.3 Å². The second-order valence-electron chi connectivity index (χ2n) is 5.42. The molecule has 0 radical (unpaired) electrons. The van der Waals surface area contributed by atoms with Gasteiger partial charge in [0.25, 0.3) is 11.6 Å². The first kappa shape index (κ1) is 19.4. The third-order valence-electron chi connectivity index (χ3n) is 3.43. The molecule has 0 aliphatic rings. The molecule has 0 bridgehead atoms. The van der Waals surface area contributed by atoms with Gasteiger partial charge in [-0.1, -0.05) is 11.6 Å². The number of aromatic nitrogens is 2. The predicted molar refractivity (Wildman–Crippen MR) is 92.9 cm³/mol. The maximum atomic E-state index is 12.0. The Morgan fingerprint density at radius 2 is 2.19 bits per heavy atom. The van der Waals surface area contributed by atoms with Crippen LogP contribution in [0.5, 0.6) is 0 Å². The number of nitrogens with zero attached hydrogens (tertiary/aromatic N) is 3. The second kappa shape index (κ2) is 8.95. The summed E-state index contributed by atoms with van der Waals surface area (Å²) < 4.78 is 6.69. The maximum Gasteiger partial charge on any atom is 0.306 e. The van der Waals surface area contributed by atoms with Crippen LogP contribution in [0.2, 0.25) is 5.02 Å². The molecule has 0 unspecified atom stereocenters. The molecule has 1 aromatic heterocycles. The minimum atomic E-state index is -0.599. The molecule has 0 saturated carbocycles. The van der Waals surface area contributed by atoms with Gasteiger partial charge in [-0.15, -0.1) is 0 Å². The van der Waals surface area contributed by atoms with E-state index in [0.717, 1.165) is 11.6 Å². The number of carbonyl (C=O) groups excluding carboxylic acids is 2. The number of non-ortho nitro benzene ring substituents is 1. The Balaban J connectivity index is 1.71. The minimum absolute atomic E-state index is 0.0161. The number of benzene rings is 1. The van der Waals surface area contributed by atoms with Gasteiger partial charge in [0.05, 0.1) is 28.3 Å². The summed E-state index contributed by atoms with van der Waals surface area (Å²) in [6, 6.07) is 3.57. The maximum absolute atomic E-state index is 12.0. The van der Waals surface area contributed by atoms with Crippen molar-refractivity contribution in [3.8, 4) is 0 Å². The summed E-state index contributed by atoms with van der Waals surface area (Å²) in [6.45, 7) is 0.118. The van der Waals surface area contributed by atoms with Gasteiger partial charge in [-0.25, -0.2) is 0 Å². The number of hydrogen-bond donors (Lipinski definition) is 1. The Labute approximate surface area is 154 Å². The number of rotatable bonds is 8. The average molecular weight is 381 g/mol. The molecule has 9 nitrogen and oxygen atoms in total. The van der Waals surface area contributed by atoms with E-state index in [1.807, 2.05) is 6.20 Å². The number of nitro benzene ring substituents is 1. The Morgan fingerprint density at radius 3 is 2.81 bits per heavy atom. The smallest absolute Gasteiger partial charge is 0.306 e. The Hall–Kier alpha value is -2.94. The van der Waals surface area contributed by atoms with Gasteiger partial charge in [0.1, 0.15) is 6.61 Å². The lowest BCUT2D eigenvalue weighted by atomic mass is 10.2. The van der Waals surface area contributed by atoms with Gasteiger partial charge in [0.2, 0.25) is 0 Å². The van der Waals surface area contributed by atoms with Crippen molar-refractivity contribution in [2.45, 2.75) is 12.8 Å². The highest BCUT2D eigenvalue weighted by molar-refractivity contribution is 6.34. The van der Waals surface area contributed by atoms with Gasteiger partial charge in [0, 0.05) is 31.8 Å². The van der Waals surface area contributed by atoms with Crippen molar-refractivity contribution in [1.82, 2.24) is 15.1 Å². The number of nitro groups is 1. The number of nitrogens with one attached hydrogen (secondary N) is 1. The van der Waals surface area contributed by atoms with Crippen LogP contribution in [0.25, 0.3) is 0 Å². The summed E-state index contributed by atoms with van der Waals surface area (Å²) in [5.41, 5.74) is 0.847. The van der Waals surface area contributed by atoms with Crippen LogP contribution in [0, 0.1) is 10.1 Å². The number of carbonyl (C=O) groups is 2. The van der Waals surface area contributed by atoms with Crippen molar-refractivity contribution in [1.29, 1.82) is 0 Å². The summed E-state index contributed by atoms with van der Waals surface area (Å²) >= 11 is 5.88. The zero-order chi connectivity index (χ0) is 19.1. The highest BCUT2D eigenvalue weighted by Gasteiger charge is 2.14. The Kier molecular flexibility index (Phi) is 6.67. The van der Waals surface area contributed by atoms with Crippen molar-refractivity contribution in [3.05, 3.63) is 56.9 Å². The van der Waals surface area contributed by atoms with Crippen LogP contribution in [0.3, 0.4) is 0 Å². The molecule has 2 rings (SSSR count). The van der Waals surface area contributed by atoms with Crippen LogP contribution in [-0.2, 0) is 23.0 Å². The molecule has 0 aliphatic heterocycles. The van der Waals surface area contributed by atoms with Gasteiger partial charge in [-0.2, -0.15) is 5.10 Å². The van der Waals surface area contributed by atoms with Gasteiger partial charge in [-0.05, 0) is 18.1 Å². The van der Waals surface area contributed by atoms with E-state index in [9.17, 15) is 19.7 Å². The van der Waals surface area contributed by atoms with Crippen LogP contribution in [0.15, 0.2) is 30.6 Å². The van der Waals surface area contributed by atoms with Gasteiger partial charge < -0.3 is 10.1 Å². The summed E-state index contributed by atoms with van der Waals surface area (Å²) in [5, 5.41) is 17.2. The largest absolute Gasteiger partial charge is 0.464 e. The minimum Gasteiger partial charge on any atom is -0.464 e. The Morgan fingerprint density at radius 1 is 1.42 bits per heavy atom. The monoisotopic (exact) mass is 380 g/mol. The molecule has 2 aromatic rings. The number of esters is 1. The van der Waals surface area contributed by atoms with E-state index in [0.29, 0.717) is 6.42 Å². The standard InChI is InChI=1S/C16H17ClN4O5/c1-20-10-11(9-19-20)2-5-15(22)26-7-6-18-16(23)13-4-3-12(21(24)25)8-14(13)17/h3-4,8-10H,2,5-7H2,1H3,(H,18,23). The van der Waals surface area contributed by atoms with E-state index >= 15 is 0 Å². The second-order valence-corrected chi connectivity index (χ2v) is 5.83. The molecular weight excluding hydrogens is 364 g/mol. The predicted octanol–water partition coefficient (Wildman–Crippen LogP) is 1.89. The summed E-state index contributed by atoms with van der Waals surface area (Å²) in [7, 11) is 1.79. The number of hydrogen-bond acceptors (Lipinski definition) is 6. The number of aryl methyl sites for hydroxylation is 2. The summed E-state index contributed by atoms with van der Waals surface area (Å²) in [4.78, 5) is 33.7. The molecule has 138 valence electrons. The van der Waals surface area contributed by atoms with Crippen molar-refractivity contribution in [2.75, 3.05) is 13.2 Å². The first-order chi connectivity index (χ1) is 12.4. The normalized spacial score (nSPS) is 10.4. The van der Waals surface area contributed by atoms with E-state index in [1.54, 1.807) is 17.9 Å². The van der Waals surface area contributed by atoms with Crippen molar-refractivity contribution < 1.29 is 19.2 Å². The molecule has 1 N–H and O–H groups in total. The van der Waals surface area contributed by atoms with Gasteiger partial charge in [-0.3, -0.25) is 24.4 Å². The van der Waals surface area contributed by atoms with E-state index in [-0.39, 0.29) is 41.8 Å². The number of amides is 1. The van der Waals surface area contributed by atoms with E-state index in [1.165, 1.54) is 12.1 Å². The highest BCUT2D eigenvalue weighted by Crippen LogP contribution is 2.22. The van der Waals surface area contributed by atoms with Crippen LogP contribution in [0.4, 0.5) is 5.69 Å². The number of halogens is 1. The third kappa shape index (κ3) is 5.55. The molecule has 10 heteroatoms. The first-order valence-electron chi connectivity index (χ1n) is 7.72. The zero-order valence-corrected chi connectivity index (χ0v) is 14.7. The Bertz CT molecular complexity index is 821. The topological polar surface area (TPSA) is 116 Å². The number of ether oxygens (including phenoxy) is 1. The van der Waals surface area contributed by atoms with Crippen molar-refractivity contribution >= 4 is 29.2 Å².